The molecular formula is C15H21F2NO. The van der Waals surface area contributed by atoms with Gasteiger partial charge in [-0.05, 0) is 31.7 Å². The minimum Gasteiger partial charge on any atom is -0.384 e. The topological polar surface area (TPSA) is 32.3 Å². The number of benzene rings is 1. The van der Waals surface area contributed by atoms with Gasteiger partial charge in [0.15, 0.2) is 0 Å². The fourth-order valence-corrected chi connectivity index (χ4v) is 2.80. The first-order valence-electron chi connectivity index (χ1n) is 6.81. The molecule has 2 N–H and O–H groups in total. The summed E-state index contributed by atoms with van der Waals surface area (Å²) >= 11 is 0. The molecule has 1 fully saturated rings. The van der Waals surface area contributed by atoms with Crippen LogP contribution in [0.5, 0.6) is 0 Å². The highest BCUT2D eigenvalue weighted by Gasteiger charge is 2.30. The number of rotatable bonds is 4. The molecule has 2 rings (SSSR count). The van der Waals surface area contributed by atoms with Crippen LogP contribution in [0.4, 0.5) is 8.78 Å². The molecule has 3 unspecified atom stereocenters. The molecule has 0 saturated heterocycles. The Kier molecular flexibility index (Phi) is 4.21. The van der Waals surface area contributed by atoms with Crippen LogP contribution in [0, 0.1) is 17.6 Å². The van der Waals surface area contributed by atoms with Gasteiger partial charge in [-0.3, -0.25) is 0 Å². The highest BCUT2D eigenvalue weighted by molar-refractivity contribution is 5.24. The van der Waals surface area contributed by atoms with Crippen LogP contribution in [-0.2, 0) is 5.60 Å². The van der Waals surface area contributed by atoms with Crippen molar-refractivity contribution in [3.05, 3.63) is 35.4 Å². The van der Waals surface area contributed by atoms with E-state index in [4.69, 9.17) is 0 Å². The SMILES string of the molecule is CC1CCCC1NCC(C)(O)c1ccc(F)cc1F. The lowest BCUT2D eigenvalue weighted by Gasteiger charge is -2.28. The maximum atomic E-state index is 13.7. The summed E-state index contributed by atoms with van der Waals surface area (Å²) < 4.78 is 26.6. The number of halogens is 2. The van der Waals surface area contributed by atoms with Crippen molar-refractivity contribution in [2.45, 2.75) is 44.8 Å². The van der Waals surface area contributed by atoms with E-state index < -0.39 is 17.2 Å². The summed E-state index contributed by atoms with van der Waals surface area (Å²) in [5.41, 5.74) is -1.20. The van der Waals surface area contributed by atoms with E-state index in [2.05, 4.69) is 12.2 Å². The predicted molar refractivity (Wildman–Crippen MR) is 70.7 cm³/mol. The quantitative estimate of drug-likeness (QED) is 0.881. The van der Waals surface area contributed by atoms with Gasteiger partial charge < -0.3 is 10.4 Å². The molecule has 19 heavy (non-hydrogen) atoms. The number of hydrogen-bond acceptors (Lipinski definition) is 2. The summed E-state index contributed by atoms with van der Waals surface area (Å²) in [4.78, 5) is 0. The summed E-state index contributed by atoms with van der Waals surface area (Å²) in [6.45, 7) is 4.00. The van der Waals surface area contributed by atoms with Gasteiger partial charge in [-0.15, -0.1) is 0 Å². The van der Waals surface area contributed by atoms with Gasteiger partial charge in [-0.25, -0.2) is 8.78 Å². The van der Waals surface area contributed by atoms with Crippen molar-refractivity contribution in [1.82, 2.24) is 5.32 Å². The van der Waals surface area contributed by atoms with Gasteiger partial charge in [0, 0.05) is 24.2 Å². The molecule has 1 aromatic rings. The zero-order valence-corrected chi connectivity index (χ0v) is 11.4. The van der Waals surface area contributed by atoms with Crippen LogP contribution >= 0.6 is 0 Å². The molecule has 0 amide bonds. The average Bonchev–Trinajstić information content (AvgIpc) is 2.72. The molecule has 4 heteroatoms. The smallest absolute Gasteiger partial charge is 0.132 e. The summed E-state index contributed by atoms with van der Waals surface area (Å²) in [6, 6.07) is 3.66. The zero-order valence-electron chi connectivity index (χ0n) is 11.4. The van der Waals surface area contributed by atoms with Gasteiger partial charge in [-0.1, -0.05) is 19.4 Å². The van der Waals surface area contributed by atoms with Crippen LogP contribution in [0.25, 0.3) is 0 Å². The van der Waals surface area contributed by atoms with E-state index in [-0.39, 0.29) is 12.1 Å². The van der Waals surface area contributed by atoms with Gasteiger partial charge in [0.05, 0.1) is 0 Å². The lowest BCUT2D eigenvalue weighted by molar-refractivity contribution is 0.0488. The summed E-state index contributed by atoms with van der Waals surface area (Å²) in [5.74, 6) is -0.755. The zero-order chi connectivity index (χ0) is 14.0. The molecule has 1 aliphatic carbocycles. The average molecular weight is 269 g/mol. The van der Waals surface area contributed by atoms with E-state index in [0.717, 1.165) is 12.5 Å². The van der Waals surface area contributed by atoms with Crippen molar-refractivity contribution in [3.63, 3.8) is 0 Å². The molecule has 1 aromatic carbocycles. The lowest BCUT2D eigenvalue weighted by Crippen LogP contribution is -2.42. The largest absolute Gasteiger partial charge is 0.384 e. The minimum atomic E-state index is -1.33. The van der Waals surface area contributed by atoms with E-state index in [0.29, 0.717) is 12.0 Å². The number of aliphatic hydroxyl groups is 1. The second-order valence-corrected chi connectivity index (χ2v) is 5.79. The molecule has 2 nitrogen and oxygen atoms in total. The first-order valence-corrected chi connectivity index (χ1v) is 6.81. The van der Waals surface area contributed by atoms with Gasteiger partial charge in [0.2, 0.25) is 0 Å². The Labute approximate surface area is 112 Å². The van der Waals surface area contributed by atoms with Crippen molar-refractivity contribution in [3.8, 4) is 0 Å². The van der Waals surface area contributed by atoms with Crippen molar-refractivity contribution in [1.29, 1.82) is 0 Å². The number of hydrogen-bond donors (Lipinski definition) is 2. The van der Waals surface area contributed by atoms with Crippen LogP contribution < -0.4 is 5.32 Å². The van der Waals surface area contributed by atoms with Gasteiger partial charge in [0.1, 0.15) is 17.2 Å². The van der Waals surface area contributed by atoms with E-state index in [9.17, 15) is 13.9 Å². The Morgan fingerprint density at radius 1 is 1.37 bits per heavy atom. The van der Waals surface area contributed by atoms with Gasteiger partial charge in [0.25, 0.3) is 0 Å². The van der Waals surface area contributed by atoms with Crippen LogP contribution in [0.2, 0.25) is 0 Å². The lowest BCUT2D eigenvalue weighted by atomic mass is 9.94. The second-order valence-electron chi connectivity index (χ2n) is 5.79. The van der Waals surface area contributed by atoms with E-state index in [1.54, 1.807) is 6.92 Å². The van der Waals surface area contributed by atoms with Crippen LogP contribution in [-0.4, -0.2) is 17.7 Å². The Morgan fingerprint density at radius 2 is 2.11 bits per heavy atom. The first-order chi connectivity index (χ1) is 8.90. The predicted octanol–water partition coefficient (Wildman–Crippen LogP) is 2.95. The second kappa shape index (κ2) is 5.55. The van der Waals surface area contributed by atoms with Crippen molar-refractivity contribution < 1.29 is 13.9 Å². The monoisotopic (exact) mass is 269 g/mol. The molecule has 106 valence electrons. The Morgan fingerprint density at radius 3 is 2.68 bits per heavy atom. The number of nitrogens with one attached hydrogen (secondary N) is 1. The third-order valence-corrected chi connectivity index (χ3v) is 4.08. The Balaban J connectivity index is 2.04. The third kappa shape index (κ3) is 3.31. The molecule has 0 spiro atoms. The minimum absolute atomic E-state index is 0.132. The first kappa shape index (κ1) is 14.4. The summed E-state index contributed by atoms with van der Waals surface area (Å²) in [7, 11) is 0. The molecule has 1 saturated carbocycles. The van der Waals surface area contributed by atoms with Crippen LogP contribution in [0.3, 0.4) is 0 Å². The van der Waals surface area contributed by atoms with Gasteiger partial charge >= 0.3 is 0 Å². The van der Waals surface area contributed by atoms with E-state index in [1.165, 1.54) is 25.0 Å². The molecule has 1 aliphatic rings. The molecule has 0 aromatic heterocycles. The highest BCUT2D eigenvalue weighted by atomic mass is 19.1. The normalized spacial score (nSPS) is 26.4. The maximum absolute atomic E-state index is 13.7. The van der Waals surface area contributed by atoms with E-state index in [1.807, 2.05) is 0 Å². The fourth-order valence-electron chi connectivity index (χ4n) is 2.80. The van der Waals surface area contributed by atoms with Gasteiger partial charge in [-0.2, -0.15) is 0 Å². The van der Waals surface area contributed by atoms with Crippen LogP contribution in [0.1, 0.15) is 38.7 Å². The molecule has 0 radical (unpaired) electrons. The standard InChI is InChI=1S/C15H21F2NO/c1-10-4-3-5-14(10)18-9-15(2,19)12-7-6-11(16)8-13(12)17/h6-8,10,14,18-19H,3-5,9H2,1-2H3. The molecule has 0 aliphatic heterocycles. The summed E-state index contributed by atoms with van der Waals surface area (Å²) in [6.07, 6.45) is 3.46. The summed E-state index contributed by atoms with van der Waals surface area (Å²) in [5, 5.41) is 13.7. The third-order valence-electron chi connectivity index (χ3n) is 4.08. The Bertz CT molecular complexity index is 448. The molecule has 0 heterocycles. The maximum Gasteiger partial charge on any atom is 0.132 e. The highest BCUT2D eigenvalue weighted by Crippen LogP contribution is 2.27. The van der Waals surface area contributed by atoms with Crippen LogP contribution in [0.15, 0.2) is 18.2 Å². The fraction of sp³-hybridized carbons (Fsp3) is 0.600. The van der Waals surface area contributed by atoms with E-state index >= 15 is 0 Å². The molecule has 3 atom stereocenters. The Hall–Kier alpha value is -1.00. The van der Waals surface area contributed by atoms with Crippen molar-refractivity contribution in [2.75, 3.05) is 6.54 Å². The van der Waals surface area contributed by atoms with Crippen molar-refractivity contribution >= 4 is 0 Å². The molecule has 0 bridgehead atoms. The van der Waals surface area contributed by atoms with Crippen molar-refractivity contribution in [2.24, 2.45) is 5.92 Å². The molecular weight excluding hydrogens is 248 g/mol.